The zero-order valence-corrected chi connectivity index (χ0v) is 13.3. The molecule has 1 aromatic carbocycles. The minimum absolute atomic E-state index is 0.557. The molecule has 0 saturated carbocycles. The van der Waals surface area contributed by atoms with Crippen molar-refractivity contribution in [2.24, 2.45) is 0 Å². The lowest BCUT2D eigenvalue weighted by Gasteiger charge is -2.27. The lowest BCUT2D eigenvalue weighted by Crippen LogP contribution is -2.39. The molecule has 1 aliphatic rings. The third-order valence-corrected chi connectivity index (χ3v) is 3.93. The number of ether oxygens (including phenoxy) is 2. The van der Waals surface area contributed by atoms with Crippen molar-refractivity contribution in [3.8, 4) is 0 Å². The highest BCUT2D eigenvalue weighted by Crippen LogP contribution is 2.23. The van der Waals surface area contributed by atoms with Crippen molar-refractivity contribution < 1.29 is 9.47 Å². The standard InChI is InChI=1S/C17H28N2O2/c1-3-6-16-14-19(9-10-21-12-11-20-2)17-8-5-4-7-15(17)13-18-16/h4-5,7-8,16,18H,3,6,9-14H2,1-2H3. The molecule has 0 bridgehead atoms. The normalized spacial score (nSPS) is 18.4. The van der Waals surface area contributed by atoms with Crippen LogP contribution in [0.15, 0.2) is 24.3 Å². The van der Waals surface area contributed by atoms with Crippen molar-refractivity contribution in [1.29, 1.82) is 0 Å². The third kappa shape index (κ3) is 4.99. The Balaban J connectivity index is 1.96. The zero-order chi connectivity index (χ0) is 14.9. The van der Waals surface area contributed by atoms with Gasteiger partial charge in [-0.2, -0.15) is 0 Å². The summed E-state index contributed by atoms with van der Waals surface area (Å²) in [6.45, 7) is 7.27. The van der Waals surface area contributed by atoms with Crippen LogP contribution in [0.3, 0.4) is 0 Å². The van der Waals surface area contributed by atoms with Crippen molar-refractivity contribution in [3.63, 3.8) is 0 Å². The molecule has 0 fully saturated rings. The summed E-state index contributed by atoms with van der Waals surface area (Å²) < 4.78 is 10.7. The molecule has 1 aliphatic heterocycles. The van der Waals surface area contributed by atoms with Crippen molar-refractivity contribution in [1.82, 2.24) is 5.32 Å². The van der Waals surface area contributed by atoms with Crippen LogP contribution in [0.2, 0.25) is 0 Å². The van der Waals surface area contributed by atoms with Gasteiger partial charge in [-0.1, -0.05) is 31.5 Å². The maximum atomic E-state index is 5.64. The molecule has 21 heavy (non-hydrogen) atoms. The number of benzene rings is 1. The lowest BCUT2D eigenvalue weighted by atomic mass is 10.1. The Morgan fingerprint density at radius 3 is 2.90 bits per heavy atom. The van der Waals surface area contributed by atoms with Gasteiger partial charge in [0.1, 0.15) is 0 Å². The molecule has 1 atom stereocenters. The average Bonchev–Trinajstić information content (AvgIpc) is 2.68. The Morgan fingerprint density at radius 2 is 2.10 bits per heavy atom. The first-order chi connectivity index (χ1) is 10.3. The van der Waals surface area contributed by atoms with Gasteiger partial charge >= 0.3 is 0 Å². The van der Waals surface area contributed by atoms with E-state index in [1.165, 1.54) is 24.1 Å². The van der Waals surface area contributed by atoms with E-state index in [0.29, 0.717) is 19.3 Å². The second-order valence-electron chi connectivity index (χ2n) is 5.55. The molecule has 1 heterocycles. The fourth-order valence-electron chi connectivity index (χ4n) is 2.82. The van der Waals surface area contributed by atoms with Crippen LogP contribution in [-0.4, -0.2) is 46.1 Å². The smallest absolute Gasteiger partial charge is 0.0701 e. The minimum atomic E-state index is 0.557. The van der Waals surface area contributed by atoms with E-state index in [4.69, 9.17) is 9.47 Å². The second-order valence-corrected chi connectivity index (χ2v) is 5.55. The van der Waals surface area contributed by atoms with Crippen molar-refractivity contribution in [2.75, 3.05) is 44.9 Å². The maximum absolute atomic E-state index is 5.64. The van der Waals surface area contributed by atoms with Crippen LogP contribution in [0.4, 0.5) is 5.69 Å². The summed E-state index contributed by atoms with van der Waals surface area (Å²) in [6.07, 6.45) is 2.43. The van der Waals surface area contributed by atoms with Crippen LogP contribution in [-0.2, 0) is 16.0 Å². The summed E-state index contributed by atoms with van der Waals surface area (Å²) >= 11 is 0. The number of methoxy groups -OCH3 is 1. The molecule has 4 heteroatoms. The van der Waals surface area contributed by atoms with E-state index in [1.807, 2.05) is 0 Å². The average molecular weight is 292 g/mol. The Bertz CT molecular complexity index is 412. The van der Waals surface area contributed by atoms with Crippen molar-refractivity contribution >= 4 is 5.69 Å². The van der Waals surface area contributed by atoms with Gasteiger partial charge in [0.2, 0.25) is 0 Å². The summed E-state index contributed by atoms with van der Waals surface area (Å²) in [5.41, 5.74) is 2.73. The Morgan fingerprint density at radius 1 is 1.24 bits per heavy atom. The third-order valence-electron chi connectivity index (χ3n) is 3.93. The number of fused-ring (bicyclic) bond motifs is 1. The number of rotatable bonds is 8. The highest BCUT2D eigenvalue weighted by atomic mass is 16.5. The fourth-order valence-corrected chi connectivity index (χ4v) is 2.82. The summed E-state index contributed by atoms with van der Waals surface area (Å²) in [5, 5.41) is 3.68. The van der Waals surface area contributed by atoms with E-state index in [0.717, 1.165) is 26.2 Å². The zero-order valence-electron chi connectivity index (χ0n) is 13.3. The largest absolute Gasteiger partial charge is 0.382 e. The first-order valence-electron chi connectivity index (χ1n) is 7.98. The Kier molecular flexibility index (Phi) is 7.00. The predicted molar refractivity (Wildman–Crippen MR) is 86.9 cm³/mol. The molecule has 0 amide bonds. The molecule has 0 aromatic heterocycles. The van der Waals surface area contributed by atoms with Gasteiger partial charge in [0, 0.05) is 38.5 Å². The van der Waals surface area contributed by atoms with E-state index in [1.54, 1.807) is 7.11 Å². The van der Waals surface area contributed by atoms with Gasteiger partial charge < -0.3 is 19.7 Å². The van der Waals surface area contributed by atoms with Crippen LogP contribution in [0.5, 0.6) is 0 Å². The number of para-hydroxylation sites is 1. The van der Waals surface area contributed by atoms with Crippen LogP contribution in [0, 0.1) is 0 Å². The van der Waals surface area contributed by atoms with E-state index >= 15 is 0 Å². The summed E-state index contributed by atoms with van der Waals surface area (Å²) in [5.74, 6) is 0. The molecule has 1 unspecified atom stereocenters. The van der Waals surface area contributed by atoms with E-state index in [2.05, 4.69) is 41.4 Å². The van der Waals surface area contributed by atoms with E-state index < -0.39 is 0 Å². The number of nitrogens with zero attached hydrogens (tertiary/aromatic N) is 1. The van der Waals surface area contributed by atoms with Gasteiger partial charge in [0.25, 0.3) is 0 Å². The summed E-state index contributed by atoms with van der Waals surface area (Å²) in [6, 6.07) is 9.24. The minimum Gasteiger partial charge on any atom is -0.382 e. The topological polar surface area (TPSA) is 33.7 Å². The van der Waals surface area contributed by atoms with Gasteiger partial charge in [0.15, 0.2) is 0 Å². The molecule has 2 rings (SSSR count). The van der Waals surface area contributed by atoms with Crippen LogP contribution in [0.25, 0.3) is 0 Å². The summed E-state index contributed by atoms with van der Waals surface area (Å²) in [4.78, 5) is 2.46. The van der Waals surface area contributed by atoms with E-state index in [-0.39, 0.29) is 0 Å². The molecular weight excluding hydrogens is 264 g/mol. The van der Waals surface area contributed by atoms with Gasteiger partial charge in [-0.25, -0.2) is 0 Å². The number of nitrogens with one attached hydrogen (secondary N) is 1. The van der Waals surface area contributed by atoms with Gasteiger partial charge in [-0.05, 0) is 18.1 Å². The van der Waals surface area contributed by atoms with Crippen LogP contribution in [0.1, 0.15) is 25.3 Å². The van der Waals surface area contributed by atoms with Crippen molar-refractivity contribution in [2.45, 2.75) is 32.4 Å². The molecule has 118 valence electrons. The SMILES string of the molecule is CCCC1CN(CCOCCOC)c2ccccc2CN1. The molecule has 1 aromatic rings. The lowest BCUT2D eigenvalue weighted by molar-refractivity contribution is 0.0739. The highest BCUT2D eigenvalue weighted by Gasteiger charge is 2.20. The number of hydrogen-bond donors (Lipinski definition) is 1. The van der Waals surface area contributed by atoms with E-state index in [9.17, 15) is 0 Å². The molecule has 0 aliphatic carbocycles. The quantitative estimate of drug-likeness (QED) is 0.746. The second kappa shape index (κ2) is 9.03. The Labute approximate surface area is 128 Å². The molecule has 0 radical (unpaired) electrons. The first kappa shape index (κ1) is 16.3. The Hall–Kier alpha value is -1.10. The highest BCUT2D eigenvalue weighted by molar-refractivity contribution is 5.54. The predicted octanol–water partition coefficient (Wildman–Crippen LogP) is 2.43. The first-order valence-corrected chi connectivity index (χ1v) is 7.98. The van der Waals surface area contributed by atoms with Gasteiger partial charge in [0.05, 0.1) is 19.8 Å². The summed E-state index contributed by atoms with van der Waals surface area (Å²) in [7, 11) is 1.70. The molecule has 0 spiro atoms. The molecule has 1 N–H and O–H groups in total. The van der Waals surface area contributed by atoms with Gasteiger partial charge in [-0.15, -0.1) is 0 Å². The molecule has 4 nitrogen and oxygen atoms in total. The monoisotopic (exact) mass is 292 g/mol. The van der Waals surface area contributed by atoms with Gasteiger partial charge in [-0.3, -0.25) is 0 Å². The number of anilines is 1. The number of hydrogen-bond acceptors (Lipinski definition) is 4. The van der Waals surface area contributed by atoms with Crippen LogP contribution >= 0.6 is 0 Å². The maximum Gasteiger partial charge on any atom is 0.0701 e. The van der Waals surface area contributed by atoms with Crippen molar-refractivity contribution in [3.05, 3.63) is 29.8 Å². The molecule has 0 saturated heterocycles. The fraction of sp³-hybridized carbons (Fsp3) is 0.647. The molecular formula is C17H28N2O2. The van der Waals surface area contributed by atoms with Crippen LogP contribution < -0.4 is 10.2 Å².